The molecule has 0 spiro atoms. The molecule has 1 aliphatic rings. The number of nitrogens with two attached hydrogens (primary N) is 1. The maximum Gasteiger partial charge on any atom is 0.354 e. The van der Waals surface area contributed by atoms with E-state index in [1.807, 2.05) is 33.8 Å². The summed E-state index contributed by atoms with van der Waals surface area (Å²) in [5.41, 5.74) is 7.62. The molecule has 1 aliphatic carbocycles. The molecule has 168 valence electrons. The van der Waals surface area contributed by atoms with Gasteiger partial charge in [0.25, 0.3) is 5.91 Å². The standard InChI is InChI=1S/C23H26N4O5/c1-12-13-7-8-16(15(13)6-5-14(12)22(31)32-23(2,3)4)27-20(28)17-11-18(21(29)30)26-19(25-17)9-10-24/h5-6,9-11,16H,7-8,24H2,1-4H3,(H,27,28)(H,29,30)/b10-9-. The Labute approximate surface area is 185 Å². The van der Waals surface area contributed by atoms with Gasteiger partial charge in [0.1, 0.15) is 11.3 Å². The van der Waals surface area contributed by atoms with Crippen LogP contribution in [0.1, 0.15) is 87.1 Å². The summed E-state index contributed by atoms with van der Waals surface area (Å²) in [5.74, 6) is -2.15. The zero-order chi connectivity index (χ0) is 23.6. The van der Waals surface area contributed by atoms with Gasteiger partial charge in [-0.15, -0.1) is 0 Å². The topological polar surface area (TPSA) is 144 Å². The number of amides is 1. The quantitative estimate of drug-likeness (QED) is 0.604. The number of hydrogen-bond acceptors (Lipinski definition) is 7. The molecule has 0 saturated carbocycles. The van der Waals surface area contributed by atoms with Crippen LogP contribution < -0.4 is 11.1 Å². The van der Waals surface area contributed by atoms with Crippen LogP contribution in [0.25, 0.3) is 6.08 Å². The fraction of sp³-hybridized carbons (Fsp3) is 0.348. The molecule has 0 saturated heterocycles. The highest BCUT2D eigenvalue weighted by Gasteiger charge is 2.29. The van der Waals surface area contributed by atoms with E-state index in [0.717, 1.165) is 22.8 Å². The Kier molecular flexibility index (Phi) is 6.29. The van der Waals surface area contributed by atoms with Crippen molar-refractivity contribution < 1.29 is 24.2 Å². The summed E-state index contributed by atoms with van der Waals surface area (Å²) in [5, 5.41) is 12.2. The lowest BCUT2D eigenvalue weighted by Crippen LogP contribution is -2.29. The molecule has 1 atom stereocenters. The van der Waals surface area contributed by atoms with E-state index in [1.165, 1.54) is 12.3 Å². The summed E-state index contributed by atoms with van der Waals surface area (Å²) in [6.45, 7) is 7.32. The lowest BCUT2D eigenvalue weighted by molar-refractivity contribution is 0.00682. The number of fused-ring (bicyclic) bond motifs is 1. The first-order valence-electron chi connectivity index (χ1n) is 10.2. The number of carbonyl (C=O) groups excluding carboxylic acids is 2. The van der Waals surface area contributed by atoms with Crippen LogP contribution in [0.15, 0.2) is 24.4 Å². The van der Waals surface area contributed by atoms with Crippen molar-refractivity contribution in [3.63, 3.8) is 0 Å². The number of aromatic carboxylic acids is 1. The Balaban J connectivity index is 1.85. The van der Waals surface area contributed by atoms with E-state index >= 15 is 0 Å². The van der Waals surface area contributed by atoms with Gasteiger partial charge in [0.15, 0.2) is 11.5 Å². The molecule has 9 heteroatoms. The van der Waals surface area contributed by atoms with Crippen molar-refractivity contribution in [3.05, 3.63) is 63.9 Å². The van der Waals surface area contributed by atoms with Crippen molar-refractivity contribution in [1.82, 2.24) is 15.3 Å². The van der Waals surface area contributed by atoms with Gasteiger partial charge in [-0.2, -0.15) is 0 Å². The second kappa shape index (κ2) is 8.78. The number of benzene rings is 1. The molecule has 9 nitrogen and oxygen atoms in total. The van der Waals surface area contributed by atoms with E-state index in [2.05, 4.69) is 15.3 Å². The summed E-state index contributed by atoms with van der Waals surface area (Å²) in [6.07, 6.45) is 3.82. The number of rotatable bonds is 5. The van der Waals surface area contributed by atoms with Gasteiger partial charge in [0, 0.05) is 6.07 Å². The second-order valence-corrected chi connectivity index (χ2v) is 8.53. The Bertz CT molecular complexity index is 1120. The highest BCUT2D eigenvalue weighted by Crippen LogP contribution is 2.35. The van der Waals surface area contributed by atoms with Crippen LogP contribution in [0.2, 0.25) is 0 Å². The average molecular weight is 438 g/mol. The van der Waals surface area contributed by atoms with Crippen LogP contribution in [-0.4, -0.2) is 38.5 Å². The normalized spacial score (nSPS) is 15.4. The van der Waals surface area contributed by atoms with Crippen LogP contribution in [0, 0.1) is 6.92 Å². The first-order valence-corrected chi connectivity index (χ1v) is 10.2. The van der Waals surface area contributed by atoms with Gasteiger partial charge in [-0.3, -0.25) is 4.79 Å². The zero-order valence-corrected chi connectivity index (χ0v) is 18.4. The monoisotopic (exact) mass is 438 g/mol. The van der Waals surface area contributed by atoms with E-state index < -0.39 is 17.5 Å². The highest BCUT2D eigenvalue weighted by atomic mass is 16.6. The molecule has 1 aromatic carbocycles. The van der Waals surface area contributed by atoms with Crippen LogP contribution in [-0.2, 0) is 11.2 Å². The maximum absolute atomic E-state index is 12.8. The van der Waals surface area contributed by atoms with Crippen LogP contribution in [0.3, 0.4) is 0 Å². The van der Waals surface area contributed by atoms with E-state index in [-0.39, 0.29) is 29.2 Å². The molecule has 1 aromatic heterocycles. The minimum atomic E-state index is -1.27. The molecule has 0 fully saturated rings. The predicted octanol–water partition coefficient (Wildman–Crippen LogP) is 2.79. The highest BCUT2D eigenvalue weighted by molar-refractivity contribution is 5.96. The van der Waals surface area contributed by atoms with Crippen LogP contribution >= 0.6 is 0 Å². The molecule has 3 rings (SSSR count). The summed E-state index contributed by atoms with van der Waals surface area (Å²) in [7, 11) is 0. The van der Waals surface area contributed by atoms with Gasteiger partial charge >= 0.3 is 11.9 Å². The molecule has 32 heavy (non-hydrogen) atoms. The van der Waals surface area contributed by atoms with Crippen molar-refractivity contribution in [1.29, 1.82) is 0 Å². The van der Waals surface area contributed by atoms with Crippen LogP contribution in [0.5, 0.6) is 0 Å². The lowest BCUT2D eigenvalue weighted by atomic mass is 9.97. The average Bonchev–Trinajstić information content (AvgIpc) is 3.10. The largest absolute Gasteiger partial charge is 0.477 e. The van der Waals surface area contributed by atoms with E-state index in [4.69, 9.17) is 10.5 Å². The molecule has 2 aromatic rings. The SMILES string of the molecule is Cc1c(C(=O)OC(C)(C)C)ccc2c1CCC2NC(=O)c1cc(C(=O)O)nc(/C=C\N)n1. The summed E-state index contributed by atoms with van der Waals surface area (Å²) >= 11 is 0. The molecule has 1 unspecified atom stereocenters. The van der Waals surface area contributed by atoms with Gasteiger partial charge < -0.3 is 20.9 Å². The van der Waals surface area contributed by atoms with Gasteiger partial charge in [-0.25, -0.2) is 19.6 Å². The molecular formula is C23H26N4O5. The van der Waals surface area contributed by atoms with Gasteiger partial charge in [0.2, 0.25) is 0 Å². The second-order valence-electron chi connectivity index (χ2n) is 8.53. The number of nitrogens with zero attached hydrogens (tertiary/aromatic N) is 2. The van der Waals surface area contributed by atoms with Crippen molar-refractivity contribution in [2.45, 2.75) is 52.2 Å². The number of carbonyl (C=O) groups is 3. The van der Waals surface area contributed by atoms with Crippen molar-refractivity contribution in [2.75, 3.05) is 0 Å². The summed E-state index contributed by atoms with van der Waals surface area (Å²) < 4.78 is 5.49. The van der Waals surface area contributed by atoms with Crippen molar-refractivity contribution in [3.8, 4) is 0 Å². The minimum absolute atomic E-state index is 0.0298. The van der Waals surface area contributed by atoms with Crippen molar-refractivity contribution >= 4 is 23.9 Å². The molecule has 1 amide bonds. The van der Waals surface area contributed by atoms with Gasteiger partial charge in [-0.1, -0.05) is 6.07 Å². The predicted molar refractivity (Wildman–Crippen MR) is 117 cm³/mol. The van der Waals surface area contributed by atoms with Crippen LogP contribution in [0.4, 0.5) is 0 Å². The molecule has 4 N–H and O–H groups in total. The number of nitrogens with one attached hydrogen (secondary N) is 1. The van der Waals surface area contributed by atoms with Crippen molar-refractivity contribution in [2.24, 2.45) is 5.73 Å². The minimum Gasteiger partial charge on any atom is -0.477 e. The molecule has 0 aliphatic heterocycles. The zero-order valence-electron chi connectivity index (χ0n) is 18.4. The first kappa shape index (κ1) is 22.9. The Morgan fingerprint density at radius 2 is 1.91 bits per heavy atom. The Hall–Kier alpha value is -3.75. The third kappa shape index (κ3) is 4.93. The van der Waals surface area contributed by atoms with Gasteiger partial charge in [-0.05, 0) is 75.6 Å². The maximum atomic E-state index is 12.8. The van der Waals surface area contributed by atoms with Gasteiger partial charge in [0.05, 0.1) is 11.6 Å². The first-order chi connectivity index (χ1) is 15.0. The number of ether oxygens (including phenoxy) is 1. The fourth-order valence-electron chi connectivity index (χ4n) is 3.67. The fourth-order valence-corrected chi connectivity index (χ4v) is 3.67. The number of carboxylic acid groups (broad SMARTS) is 1. The molecule has 1 heterocycles. The number of aromatic nitrogens is 2. The Morgan fingerprint density at radius 3 is 2.53 bits per heavy atom. The number of hydrogen-bond donors (Lipinski definition) is 3. The van der Waals surface area contributed by atoms with E-state index in [0.29, 0.717) is 18.4 Å². The molecule has 0 bridgehead atoms. The lowest BCUT2D eigenvalue weighted by Gasteiger charge is -2.21. The number of esters is 1. The smallest absolute Gasteiger partial charge is 0.354 e. The Morgan fingerprint density at radius 1 is 1.22 bits per heavy atom. The summed E-state index contributed by atoms with van der Waals surface area (Å²) in [6, 6.07) is 4.37. The third-order valence-electron chi connectivity index (χ3n) is 5.06. The van der Waals surface area contributed by atoms with E-state index in [9.17, 15) is 19.5 Å². The molecule has 0 radical (unpaired) electrons. The third-order valence-corrected chi connectivity index (χ3v) is 5.06. The number of carboxylic acids is 1. The molecular weight excluding hydrogens is 412 g/mol. The summed E-state index contributed by atoms with van der Waals surface area (Å²) in [4.78, 5) is 44.6. The van der Waals surface area contributed by atoms with E-state index in [1.54, 1.807) is 6.07 Å².